The van der Waals surface area contributed by atoms with Crippen LogP contribution in [0.1, 0.15) is 41.3 Å². The molecule has 1 aromatic carbocycles. The van der Waals surface area contributed by atoms with E-state index < -0.39 is 0 Å². The lowest BCUT2D eigenvalue weighted by atomic mass is 9.89. The molecule has 0 fully saturated rings. The minimum absolute atomic E-state index is 0.0755. The summed E-state index contributed by atoms with van der Waals surface area (Å²) in [6.07, 6.45) is 5.06. The highest BCUT2D eigenvalue weighted by Gasteiger charge is 2.14. The fourth-order valence-electron chi connectivity index (χ4n) is 2.49. The average Bonchev–Trinajstić information content (AvgIpc) is 2.91. The summed E-state index contributed by atoms with van der Waals surface area (Å²) in [6, 6.07) is 6.61. The van der Waals surface area contributed by atoms with Gasteiger partial charge in [-0.1, -0.05) is 18.2 Å². The number of aromatic nitrogens is 1. The molecule has 0 spiro atoms. The summed E-state index contributed by atoms with van der Waals surface area (Å²) in [4.78, 5) is 4.30. The molecular weight excluding hydrogens is 228 g/mol. The molecule has 3 rings (SSSR count). The molecule has 88 valence electrons. The Morgan fingerprint density at radius 2 is 2.00 bits per heavy atom. The smallest absolute Gasteiger partial charge is 0.0795 e. The summed E-state index contributed by atoms with van der Waals surface area (Å²) in [5.74, 6) is 0. The molecule has 17 heavy (non-hydrogen) atoms. The van der Waals surface area contributed by atoms with Crippen molar-refractivity contribution in [3.05, 3.63) is 51.5 Å². The SMILES string of the molecule is NC(c1ccc2c(c1)CCCC2)c1cscn1. The van der Waals surface area contributed by atoms with Crippen LogP contribution in [-0.4, -0.2) is 4.98 Å². The number of fused-ring (bicyclic) bond motifs is 1. The van der Waals surface area contributed by atoms with Crippen LogP contribution >= 0.6 is 11.3 Å². The monoisotopic (exact) mass is 244 g/mol. The quantitative estimate of drug-likeness (QED) is 0.881. The third kappa shape index (κ3) is 2.13. The van der Waals surface area contributed by atoms with E-state index in [2.05, 4.69) is 23.2 Å². The Labute approximate surface area is 106 Å². The van der Waals surface area contributed by atoms with Crippen LogP contribution < -0.4 is 5.73 Å². The summed E-state index contributed by atoms with van der Waals surface area (Å²) in [5.41, 5.74) is 13.2. The maximum atomic E-state index is 6.24. The molecule has 0 saturated heterocycles. The molecule has 1 aliphatic carbocycles. The molecule has 0 bridgehead atoms. The molecule has 2 aromatic rings. The molecule has 1 aromatic heterocycles. The first-order chi connectivity index (χ1) is 8.34. The van der Waals surface area contributed by atoms with E-state index >= 15 is 0 Å². The molecule has 1 atom stereocenters. The summed E-state index contributed by atoms with van der Waals surface area (Å²) < 4.78 is 0. The number of benzene rings is 1. The molecule has 0 radical (unpaired) electrons. The lowest BCUT2D eigenvalue weighted by molar-refractivity contribution is 0.682. The van der Waals surface area contributed by atoms with Gasteiger partial charge in [-0.2, -0.15) is 0 Å². The number of thiazole rings is 1. The van der Waals surface area contributed by atoms with Gasteiger partial charge in [-0.05, 0) is 42.4 Å². The van der Waals surface area contributed by atoms with Gasteiger partial charge in [0.1, 0.15) is 0 Å². The van der Waals surface area contributed by atoms with Gasteiger partial charge in [0, 0.05) is 5.38 Å². The number of rotatable bonds is 2. The highest BCUT2D eigenvalue weighted by Crippen LogP contribution is 2.26. The number of aryl methyl sites for hydroxylation is 2. The van der Waals surface area contributed by atoms with E-state index in [1.807, 2.05) is 10.9 Å². The fraction of sp³-hybridized carbons (Fsp3) is 0.357. The first-order valence-corrected chi connectivity index (χ1v) is 7.04. The Hall–Kier alpha value is -1.19. The third-order valence-electron chi connectivity index (χ3n) is 3.50. The maximum absolute atomic E-state index is 6.24. The molecule has 1 heterocycles. The van der Waals surface area contributed by atoms with E-state index in [9.17, 15) is 0 Å². The molecule has 2 N–H and O–H groups in total. The molecule has 0 saturated carbocycles. The Morgan fingerprint density at radius 3 is 2.76 bits per heavy atom. The second kappa shape index (κ2) is 4.59. The van der Waals surface area contributed by atoms with Gasteiger partial charge < -0.3 is 5.73 Å². The minimum Gasteiger partial charge on any atom is -0.319 e. The predicted molar refractivity (Wildman–Crippen MR) is 71.2 cm³/mol. The van der Waals surface area contributed by atoms with Crippen molar-refractivity contribution in [3.8, 4) is 0 Å². The van der Waals surface area contributed by atoms with Crippen LogP contribution in [0.3, 0.4) is 0 Å². The minimum atomic E-state index is -0.0755. The van der Waals surface area contributed by atoms with Crippen molar-refractivity contribution < 1.29 is 0 Å². The summed E-state index contributed by atoms with van der Waals surface area (Å²) in [6.45, 7) is 0. The average molecular weight is 244 g/mol. The van der Waals surface area contributed by atoms with Crippen molar-refractivity contribution in [3.63, 3.8) is 0 Å². The predicted octanol–water partition coefficient (Wildman–Crippen LogP) is 3.07. The van der Waals surface area contributed by atoms with E-state index in [0.717, 1.165) is 5.69 Å². The lowest BCUT2D eigenvalue weighted by Gasteiger charge is -2.18. The Balaban J connectivity index is 1.93. The summed E-state index contributed by atoms with van der Waals surface area (Å²) in [7, 11) is 0. The summed E-state index contributed by atoms with van der Waals surface area (Å²) >= 11 is 1.60. The summed E-state index contributed by atoms with van der Waals surface area (Å²) in [5, 5.41) is 2.03. The molecule has 1 aliphatic rings. The Morgan fingerprint density at radius 1 is 1.18 bits per heavy atom. The van der Waals surface area contributed by atoms with Crippen LogP contribution in [0.5, 0.6) is 0 Å². The number of nitrogens with zero attached hydrogens (tertiary/aromatic N) is 1. The zero-order valence-electron chi connectivity index (χ0n) is 9.73. The zero-order valence-corrected chi connectivity index (χ0v) is 10.5. The Kier molecular flexibility index (Phi) is 2.95. The molecular formula is C14H16N2S. The van der Waals surface area contributed by atoms with Crippen LogP contribution in [0.15, 0.2) is 29.1 Å². The normalized spacial score (nSPS) is 16.5. The topological polar surface area (TPSA) is 38.9 Å². The van der Waals surface area contributed by atoms with Gasteiger partial charge in [-0.3, -0.25) is 0 Å². The number of hydrogen-bond acceptors (Lipinski definition) is 3. The maximum Gasteiger partial charge on any atom is 0.0795 e. The number of nitrogens with two attached hydrogens (primary N) is 1. The van der Waals surface area contributed by atoms with Gasteiger partial charge in [0.05, 0.1) is 17.2 Å². The van der Waals surface area contributed by atoms with Gasteiger partial charge in [-0.15, -0.1) is 11.3 Å². The van der Waals surface area contributed by atoms with Crippen molar-refractivity contribution in [2.75, 3.05) is 0 Å². The second-order valence-corrected chi connectivity index (χ2v) is 5.34. The fourth-order valence-corrected chi connectivity index (χ4v) is 3.08. The molecule has 2 nitrogen and oxygen atoms in total. The molecule has 0 aliphatic heterocycles. The first kappa shape index (κ1) is 10.9. The third-order valence-corrected chi connectivity index (χ3v) is 4.11. The molecule has 0 amide bonds. The van der Waals surface area contributed by atoms with E-state index in [0.29, 0.717) is 0 Å². The molecule has 1 unspecified atom stereocenters. The van der Waals surface area contributed by atoms with E-state index in [4.69, 9.17) is 5.73 Å². The van der Waals surface area contributed by atoms with E-state index in [1.54, 1.807) is 11.3 Å². The van der Waals surface area contributed by atoms with Crippen molar-refractivity contribution in [2.45, 2.75) is 31.7 Å². The van der Waals surface area contributed by atoms with Gasteiger partial charge in [0.2, 0.25) is 0 Å². The standard InChI is InChI=1S/C14H16N2S/c15-14(13-8-17-9-16-13)12-6-5-10-3-1-2-4-11(10)7-12/h5-9,14H,1-4,15H2. The van der Waals surface area contributed by atoms with E-state index in [-0.39, 0.29) is 6.04 Å². The van der Waals surface area contributed by atoms with E-state index in [1.165, 1.54) is 42.4 Å². The van der Waals surface area contributed by atoms with Crippen molar-refractivity contribution >= 4 is 11.3 Å². The largest absolute Gasteiger partial charge is 0.319 e. The van der Waals surface area contributed by atoms with Crippen molar-refractivity contribution in [1.29, 1.82) is 0 Å². The number of hydrogen-bond donors (Lipinski definition) is 1. The van der Waals surface area contributed by atoms with Crippen LogP contribution in [0.4, 0.5) is 0 Å². The van der Waals surface area contributed by atoms with Gasteiger partial charge in [0.25, 0.3) is 0 Å². The van der Waals surface area contributed by atoms with Crippen LogP contribution in [0, 0.1) is 0 Å². The van der Waals surface area contributed by atoms with Gasteiger partial charge in [-0.25, -0.2) is 4.98 Å². The van der Waals surface area contributed by atoms with Crippen molar-refractivity contribution in [1.82, 2.24) is 4.98 Å². The Bertz CT molecular complexity index is 505. The van der Waals surface area contributed by atoms with Gasteiger partial charge >= 0.3 is 0 Å². The second-order valence-electron chi connectivity index (χ2n) is 4.63. The zero-order chi connectivity index (χ0) is 11.7. The first-order valence-electron chi connectivity index (χ1n) is 6.10. The van der Waals surface area contributed by atoms with Gasteiger partial charge in [0.15, 0.2) is 0 Å². The lowest BCUT2D eigenvalue weighted by Crippen LogP contribution is -2.13. The van der Waals surface area contributed by atoms with Crippen LogP contribution in [-0.2, 0) is 12.8 Å². The van der Waals surface area contributed by atoms with Crippen LogP contribution in [0.2, 0.25) is 0 Å². The highest BCUT2D eigenvalue weighted by molar-refractivity contribution is 7.07. The van der Waals surface area contributed by atoms with Crippen molar-refractivity contribution in [2.24, 2.45) is 5.73 Å². The van der Waals surface area contributed by atoms with Crippen LogP contribution in [0.25, 0.3) is 0 Å². The highest BCUT2D eigenvalue weighted by atomic mass is 32.1. The molecule has 3 heteroatoms.